The third-order valence-electron chi connectivity index (χ3n) is 6.04. The van der Waals surface area contributed by atoms with Gasteiger partial charge in [-0.05, 0) is 54.6 Å². The van der Waals surface area contributed by atoms with Crippen LogP contribution in [0.1, 0.15) is 0 Å². The van der Waals surface area contributed by atoms with Crippen LogP contribution in [0.4, 0.5) is 22.1 Å². The second kappa shape index (κ2) is 9.03. The maximum absolute atomic E-state index is 12.3. The molecule has 2 amide bonds. The topological polar surface area (TPSA) is 88.4 Å². The molecule has 2 aromatic carbocycles. The van der Waals surface area contributed by atoms with Gasteiger partial charge in [-0.15, -0.1) is 0 Å². The van der Waals surface area contributed by atoms with E-state index < -0.39 is 0 Å². The van der Waals surface area contributed by atoms with Crippen LogP contribution in [0.2, 0.25) is 0 Å². The molecule has 1 N–H and O–H groups in total. The number of urea groups is 1. The molecule has 0 aliphatic carbocycles. The minimum atomic E-state index is -0.00820. The van der Waals surface area contributed by atoms with Crippen LogP contribution in [-0.2, 0) is 0 Å². The van der Waals surface area contributed by atoms with Crippen LogP contribution in [0.15, 0.2) is 91.4 Å². The lowest BCUT2D eigenvalue weighted by atomic mass is 10.2. The normalized spacial score (nSPS) is 13.4. The van der Waals surface area contributed by atoms with E-state index in [1.165, 1.54) is 0 Å². The molecule has 178 valence electrons. The van der Waals surface area contributed by atoms with Crippen molar-refractivity contribution in [2.75, 3.05) is 30.4 Å². The Hall–Kier alpha value is -4.92. The number of fused-ring (bicyclic) bond motifs is 1. The lowest BCUT2D eigenvalue weighted by Gasteiger charge is -2.17. The molecule has 0 spiro atoms. The van der Waals surface area contributed by atoms with Gasteiger partial charge in [0.1, 0.15) is 11.6 Å². The van der Waals surface area contributed by atoms with Gasteiger partial charge in [0.25, 0.3) is 0 Å². The number of carbonyl (C=O) groups is 1. The predicted octanol–water partition coefficient (Wildman–Crippen LogP) is 5.22. The first kappa shape index (κ1) is 21.6. The highest BCUT2D eigenvalue weighted by Gasteiger charge is 2.26. The second-order valence-corrected chi connectivity index (χ2v) is 8.45. The molecule has 36 heavy (non-hydrogen) atoms. The molecular weight excluding hydrogens is 454 g/mol. The van der Waals surface area contributed by atoms with Crippen molar-refractivity contribution >= 4 is 34.3 Å². The number of aromatic nitrogens is 4. The van der Waals surface area contributed by atoms with Crippen LogP contribution in [0.3, 0.4) is 0 Å². The van der Waals surface area contributed by atoms with Gasteiger partial charge in [-0.2, -0.15) is 4.98 Å². The highest BCUT2D eigenvalue weighted by Crippen LogP contribution is 2.28. The minimum absolute atomic E-state index is 0.00820. The lowest BCUT2D eigenvalue weighted by Crippen LogP contribution is -2.29. The molecule has 4 heterocycles. The number of benzene rings is 2. The number of carbonyl (C=O) groups excluding carboxylic acids is 1. The van der Waals surface area contributed by atoms with Crippen molar-refractivity contribution < 1.29 is 9.53 Å². The molecule has 9 heteroatoms. The maximum Gasteiger partial charge on any atom is 0.324 e. The number of rotatable bonds is 6. The first-order chi connectivity index (χ1) is 17.6. The fraction of sp³-hybridized carbons (Fsp3) is 0.111. The van der Waals surface area contributed by atoms with Crippen LogP contribution in [0.5, 0.6) is 11.6 Å². The highest BCUT2D eigenvalue weighted by atomic mass is 16.5. The minimum Gasteiger partial charge on any atom is -0.439 e. The van der Waals surface area contributed by atoms with Gasteiger partial charge in [0, 0.05) is 61.6 Å². The Balaban J connectivity index is 1.19. The number of nitrogens with one attached hydrogen (secondary N) is 1. The van der Waals surface area contributed by atoms with E-state index in [2.05, 4.69) is 20.3 Å². The predicted molar refractivity (Wildman–Crippen MR) is 138 cm³/mol. The molecule has 5 aromatic rings. The summed E-state index contributed by atoms with van der Waals surface area (Å²) in [4.78, 5) is 29.0. The lowest BCUT2D eigenvalue weighted by molar-refractivity contribution is 0.229. The van der Waals surface area contributed by atoms with Crippen LogP contribution in [0, 0.1) is 0 Å². The van der Waals surface area contributed by atoms with E-state index in [9.17, 15) is 4.79 Å². The Bertz CT molecular complexity index is 1550. The van der Waals surface area contributed by atoms with Crippen molar-refractivity contribution in [3.63, 3.8) is 0 Å². The molecule has 0 unspecified atom stereocenters. The van der Waals surface area contributed by atoms with E-state index in [4.69, 9.17) is 4.74 Å². The number of anilines is 3. The molecule has 1 fully saturated rings. The van der Waals surface area contributed by atoms with Gasteiger partial charge in [-0.1, -0.05) is 12.1 Å². The summed E-state index contributed by atoms with van der Waals surface area (Å²) in [5, 5.41) is 4.24. The van der Waals surface area contributed by atoms with E-state index in [0.717, 1.165) is 28.1 Å². The average molecular weight is 478 g/mol. The molecule has 9 nitrogen and oxygen atoms in total. The summed E-state index contributed by atoms with van der Waals surface area (Å²) < 4.78 is 8.07. The monoisotopic (exact) mass is 477 g/mol. The molecule has 3 aromatic heterocycles. The molecular formula is C27H23N7O2. The number of hydrogen-bond acceptors (Lipinski definition) is 6. The van der Waals surface area contributed by atoms with Gasteiger partial charge in [0.15, 0.2) is 0 Å². The number of likely N-dealkylation sites (N-methyl/N-ethyl adjacent to an activating group) is 1. The zero-order valence-corrected chi connectivity index (χ0v) is 19.6. The number of hydrogen-bond donors (Lipinski definition) is 1. The maximum atomic E-state index is 12.3. The number of amides is 2. The molecule has 0 bridgehead atoms. The first-order valence-corrected chi connectivity index (χ1v) is 11.6. The van der Waals surface area contributed by atoms with Crippen molar-refractivity contribution in [3.05, 3.63) is 91.4 Å². The summed E-state index contributed by atoms with van der Waals surface area (Å²) in [6.45, 7) is 1.37. The smallest absolute Gasteiger partial charge is 0.324 e. The largest absolute Gasteiger partial charge is 0.439 e. The van der Waals surface area contributed by atoms with E-state index in [0.29, 0.717) is 30.7 Å². The van der Waals surface area contributed by atoms with Crippen LogP contribution in [-0.4, -0.2) is 50.6 Å². The Morgan fingerprint density at radius 2 is 1.86 bits per heavy atom. The van der Waals surface area contributed by atoms with Crippen molar-refractivity contribution in [2.24, 2.45) is 0 Å². The molecule has 6 rings (SSSR count). The number of ether oxygens (including phenoxy) is 1. The molecule has 0 atom stereocenters. The Morgan fingerprint density at radius 3 is 2.69 bits per heavy atom. The number of pyridine rings is 1. The third-order valence-corrected chi connectivity index (χ3v) is 6.04. The van der Waals surface area contributed by atoms with Crippen molar-refractivity contribution in [1.82, 2.24) is 24.4 Å². The second-order valence-electron chi connectivity index (χ2n) is 8.45. The van der Waals surface area contributed by atoms with Gasteiger partial charge in [-0.25, -0.2) is 14.8 Å². The molecule has 0 saturated carbocycles. The van der Waals surface area contributed by atoms with Crippen molar-refractivity contribution in [3.8, 4) is 17.4 Å². The van der Waals surface area contributed by atoms with Gasteiger partial charge in [0.2, 0.25) is 11.8 Å². The number of nitrogens with zero attached hydrogens (tertiary/aromatic N) is 6. The molecule has 1 aliphatic rings. The van der Waals surface area contributed by atoms with Crippen molar-refractivity contribution in [2.45, 2.75) is 0 Å². The van der Waals surface area contributed by atoms with Crippen LogP contribution >= 0.6 is 0 Å². The van der Waals surface area contributed by atoms with E-state index in [-0.39, 0.29) is 6.03 Å². The Kier molecular flexibility index (Phi) is 5.42. The summed E-state index contributed by atoms with van der Waals surface area (Å²) in [5.74, 6) is 2.35. The van der Waals surface area contributed by atoms with Crippen LogP contribution in [0.25, 0.3) is 16.7 Å². The van der Waals surface area contributed by atoms with E-state index in [1.807, 2.05) is 77.5 Å². The zero-order valence-electron chi connectivity index (χ0n) is 19.6. The van der Waals surface area contributed by atoms with E-state index >= 15 is 0 Å². The quantitative estimate of drug-likeness (QED) is 0.361. The fourth-order valence-corrected chi connectivity index (χ4v) is 4.23. The molecule has 0 radical (unpaired) electrons. The highest BCUT2D eigenvalue weighted by molar-refractivity contribution is 5.94. The SMILES string of the molecule is CN1CCN(c2cccc(Nc3nccc(Oc4ccc5c(ccn5-c5ccccn5)c4)n3)c2)C1=O. The summed E-state index contributed by atoms with van der Waals surface area (Å²) >= 11 is 0. The van der Waals surface area contributed by atoms with Crippen molar-refractivity contribution in [1.29, 1.82) is 0 Å². The third kappa shape index (κ3) is 4.18. The molecule has 1 saturated heterocycles. The van der Waals surface area contributed by atoms with Gasteiger partial charge in [0.05, 0.1) is 5.52 Å². The fourth-order valence-electron chi connectivity index (χ4n) is 4.23. The summed E-state index contributed by atoms with van der Waals surface area (Å²) in [7, 11) is 1.80. The first-order valence-electron chi connectivity index (χ1n) is 11.6. The van der Waals surface area contributed by atoms with E-state index in [1.54, 1.807) is 35.3 Å². The summed E-state index contributed by atoms with van der Waals surface area (Å²) in [6.07, 6.45) is 5.41. The Morgan fingerprint density at radius 1 is 0.917 bits per heavy atom. The van der Waals surface area contributed by atoms with Gasteiger partial charge < -0.3 is 19.5 Å². The zero-order chi connectivity index (χ0) is 24.5. The molecule has 1 aliphatic heterocycles. The average Bonchev–Trinajstić information content (AvgIpc) is 3.47. The standard InChI is InChI=1S/C27H23N7O2/c1-32-15-16-33(27(32)35)21-6-4-5-20(18-21)30-26-29-13-10-25(31-26)36-22-8-9-23-19(17-22)11-14-34(23)24-7-2-3-12-28-24/h2-14,17-18H,15-16H2,1H3,(H,29,30,31). The summed E-state index contributed by atoms with van der Waals surface area (Å²) in [5.41, 5.74) is 2.64. The Labute approximate surface area is 207 Å². The van der Waals surface area contributed by atoms with Gasteiger partial charge in [-0.3, -0.25) is 4.90 Å². The van der Waals surface area contributed by atoms with Crippen LogP contribution < -0.4 is 15.0 Å². The van der Waals surface area contributed by atoms with Gasteiger partial charge >= 0.3 is 6.03 Å². The summed E-state index contributed by atoms with van der Waals surface area (Å²) in [6, 6.07) is 23.1.